The number of nitrogens with one attached hydrogen (secondary N) is 6. The first-order valence-electron chi connectivity index (χ1n) is 24.3. The minimum atomic E-state index is -3.64. The molecular formula is C55H65N7O14S2. The summed E-state index contributed by atoms with van der Waals surface area (Å²) in [5.74, 6) is -1.39. The highest BCUT2D eigenvalue weighted by atomic mass is 32.2. The van der Waals surface area contributed by atoms with E-state index in [1.165, 1.54) is 33.5 Å². The summed E-state index contributed by atoms with van der Waals surface area (Å²) >= 11 is 0. The number of urea groups is 2. The Labute approximate surface area is 453 Å². The number of aromatic carboxylic acids is 1. The van der Waals surface area contributed by atoms with Gasteiger partial charge in [-0.25, -0.2) is 31.2 Å². The van der Waals surface area contributed by atoms with Crippen LogP contribution in [0.5, 0.6) is 11.5 Å². The molecule has 6 aromatic rings. The van der Waals surface area contributed by atoms with Crippen LogP contribution in [-0.2, 0) is 45.1 Å². The molecule has 1 unspecified atom stereocenters. The third-order valence-corrected chi connectivity index (χ3v) is 13.4. The van der Waals surface area contributed by atoms with Crippen molar-refractivity contribution in [1.82, 2.24) is 4.90 Å². The largest absolute Gasteiger partial charge is 0.492 e. The number of sulfonamides is 2. The van der Waals surface area contributed by atoms with E-state index in [0.717, 1.165) is 23.6 Å². The second kappa shape index (κ2) is 24.0. The Bertz CT molecular complexity index is 3520. The molecule has 416 valence electrons. The standard InChI is InChI=1S/C31H38N4O8S.C24H27N3O6S/c1-31(2,3)19-15-25(28(42-5)26(16-19)34-44(6,39)40)33-30(38)32-24-12-11-23(21-9-7-8-10-22(21)24)29(37)35-13-14-43-20(18-35)17-27(36)41-4;1-24(2,3)14-12-19(21(33-4)20(13-14)27-34(5,31)32)26-23(30)25-18-11-10-17(22(28)29)15-8-6-7-9-16(15)18/h7-12,15-16,20,34H,13-14,17-18H2,1-6H3,(H2,32,33,38);6-13,27H,1-5H3,(H,28,29)(H2,25,26,30). The number of esters is 1. The second-order valence-corrected chi connectivity index (χ2v) is 23.9. The number of anilines is 6. The Hall–Kier alpha value is -8.15. The Morgan fingerprint density at radius 1 is 0.590 bits per heavy atom. The number of hydrogen-bond acceptors (Lipinski definition) is 13. The van der Waals surface area contributed by atoms with E-state index in [9.17, 15) is 45.9 Å². The molecule has 0 aliphatic carbocycles. The molecule has 1 atom stereocenters. The van der Waals surface area contributed by atoms with Gasteiger partial charge in [-0.2, -0.15) is 0 Å². The predicted octanol–water partition coefficient (Wildman–Crippen LogP) is 9.43. The number of carbonyl (C=O) groups is 5. The lowest BCUT2D eigenvalue weighted by atomic mass is 9.86. The van der Waals surface area contributed by atoms with Crippen LogP contribution in [0.15, 0.2) is 97.1 Å². The Morgan fingerprint density at radius 3 is 1.38 bits per heavy atom. The zero-order valence-corrected chi connectivity index (χ0v) is 46.8. The molecule has 0 spiro atoms. The van der Waals surface area contributed by atoms with Crippen molar-refractivity contribution < 1.29 is 64.9 Å². The minimum Gasteiger partial charge on any atom is -0.492 e. The number of ether oxygens (including phenoxy) is 4. The van der Waals surface area contributed by atoms with E-state index >= 15 is 0 Å². The van der Waals surface area contributed by atoms with Gasteiger partial charge in [-0.3, -0.25) is 19.0 Å². The van der Waals surface area contributed by atoms with Crippen LogP contribution in [0.4, 0.5) is 43.7 Å². The molecule has 78 heavy (non-hydrogen) atoms. The summed E-state index contributed by atoms with van der Waals surface area (Å²) in [7, 11) is -3.17. The fourth-order valence-corrected chi connectivity index (χ4v) is 9.61. The summed E-state index contributed by atoms with van der Waals surface area (Å²) in [5.41, 5.74) is 3.20. The topological polar surface area (TPSA) is 286 Å². The maximum atomic E-state index is 13.6. The number of hydrogen-bond donors (Lipinski definition) is 7. The van der Waals surface area contributed by atoms with Gasteiger partial charge in [-0.05, 0) is 81.3 Å². The molecule has 1 fully saturated rings. The average molecular weight is 1110 g/mol. The fourth-order valence-electron chi connectivity index (χ4n) is 8.51. The van der Waals surface area contributed by atoms with E-state index in [1.807, 2.05) is 47.6 Å². The van der Waals surface area contributed by atoms with Crippen molar-refractivity contribution in [2.24, 2.45) is 0 Å². The molecule has 7 rings (SSSR count). The van der Waals surface area contributed by atoms with Gasteiger partial charge in [-0.15, -0.1) is 0 Å². The van der Waals surface area contributed by atoms with Crippen LogP contribution in [0.3, 0.4) is 0 Å². The summed E-state index contributed by atoms with van der Waals surface area (Å²) in [6.07, 6.45) is 1.66. The zero-order valence-electron chi connectivity index (χ0n) is 45.2. The minimum absolute atomic E-state index is 0.0499. The molecule has 0 radical (unpaired) electrons. The third-order valence-electron chi connectivity index (χ3n) is 12.3. The van der Waals surface area contributed by atoms with Gasteiger partial charge in [-0.1, -0.05) is 90.1 Å². The number of rotatable bonds is 14. The normalized spacial score (nSPS) is 13.8. The second-order valence-electron chi connectivity index (χ2n) is 20.4. The number of morpholine rings is 1. The number of amides is 5. The highest BCUT2D eigenvalue weighted by molar-refractivity contribution is 7.92. The van der Waals surface area contributed by atoms with Crippen LogP contribution >= 0.6 is 0 Å². The van der Waals surface area contributed by atoms with Crippen molar-refractivity contribution in [2.75, 3.05) is 84.2 Å². The average Bonchev–Trinajstić information content (AvgIpc) is 3.39. The lowest BCUT2D eigenvalue weighted by Crippen LogP contribution is -2.46. The van der Waals surface area contributed by atoms with E-state index < -0.39 is 50.2 Å². The van der Waals surface area contributed by atoms with Crippen molar-refractivity contribution in [2.45, 2.75) is 64.9 Å². The first-order chi connectivity index (χ1) is 36.5. The molecule has 1 aliphatic heterocycles. The van der Waals surface area contributed by atoms with Crippen molar-refractivity contribution in [1.29, 1.82) is 0 Å². The number of nitrogens with zero attached hydrogens (tertiary/aromatic N) is 1. The zero-order chi connectivity index (χ0) is 57.5. The van der Waals surface area contributed by atoms with Crippen molar-refractivity contribution in [3.05, 3.63) is 119 Å². The number of fused-ring (bicyclic) bond motifs is 2. The number of carbonyl (C=O) groups excluding carboxylic acids is 4. The van der Waals surface area contributed by atoms with Gasteiger partial charge in [0.1, 0.15) is 0 Å². The first-order valence-corrected chi connectivity index (χ1v) is 28.1. The number of carboxylic acid groups (broad SMARTS) is 1. The highest BCUT2D eigenvalue weighted by Crippen LogP contribution is 2.41. The molecule has 1 saturated heterocycles. The molecule has 0 aromatic heterocycles. The van der Waals surface area contributed by atoms with E-state index in [2.05, 4.69) is 30.7 Å². The maximum absolute atomic E-state index is 13.6. The SMILES string of the molecule is COC(=O)CC1CN(C(=O)c2ccc(NC(=O)Nc3cc(C(C)(C)C)cc(NS(C)(=O)=O)c3OC)c3ccccc23)CCO1.COc1c(NC(=O)Nc2ccc(C(=O)O)c3ccccc23)cc(C(C)(C)C)cc1NS(C)(=O)=O. The smallest absolute Gasteiger partial charge is 0.336 e. The van der Waals surface area contributed by atoms with E-state index in [-0.39, 0.29) is 69.5 Å². The van der Waals surface area contributed by atoms with Crippen LogP contribution in [0.1, 0.15) is 79.8 Å². The van der Waals surface area contributed by atoms with E-state index in [4.69, 9.17) is 18.9 Å². The van der Waals surface area contributed by atoms with Gasteiger partial charge in [0.15, 0.2) is 11.5 Å². The molecule has 0 saturated carbocycles. The van der Waals surface area contributed by atoms with Gasteiger partial charge >= 0.3 is 24.0 Å². The van der Waals surface area contributed by atoms with Gasteiger partial charge in [0.05, 0.1) is 92.7 Å². The monoisotopic (exact) mass is 1110 g/mol. The Kier molecular flexibility index (Phi) is 18.2. The van der Waals surface area contributed by atoms with Crippen molar-refractivity contribution >= 4 is 106 Å². The summed E-state index contributed by atoms with van der Waals surface area (Å²) in [5, 5.41) is 22.9. The lowest BCUT2D eigenvalue weighted by Gasteiger charge is -2.33. The molecule has 23 heteroatoms. The van der Waals surface area contributed by atoms with Crippen molar-refractivity contribution in [3.8, 4) is 11.5 Å². The van der Waals surface area contributed by atoms with Crippen LogP contribution in [0.25, 0.3) is 21.5 Å². The molecule has 21 nitrogen and oxygen atoms in total. The quantitative estimate of drug-likeness (QED) is 0.0500. The summed E-state index contributed by atoms with van der Waals surface area (Å²) in [4.78, 5) is 64.8. The number of methoxy groups -OCH3 is 3. The summed E-state index contributed by atoms with van der Waals surface area (Å²) in [6, 6.07) is 25.9. The Morgan fingerprint density at radius 2 is 0.987 bits per heavy atom. The third kappa shape index (κ3) is 15.1. The summed E-state index contributed by atoms with van der Waals surface area (Å²) < 4.78 is 74.1. The molecule has 5 amide bonds. The van der Waals surface area contributed by atoms with Gasteiger partial charge in [0, 0.05) is 29.4 Å². The van der Waals surface area contributed by atoms with E-state index in [1.54, 1.807) is 83.8 Å². The molecule has 7 N–H and O–H groups in total. The molecule has 6 aromatic carbocycles. The van der Waals surface area contributed by atoms with E-state index in [0.29, 0.717) is 51.6 Å². The highest BCUT2D eigenvalue weighted by Gasteiger charge is 2.29. The molecular weight excluding hydrogens is 1050 g/mol. The summed E-state index contributed by atoms with van der Waals surface area (Å²) in [6.45, 7) is 12.7. The lowest BCUT2D eigenvalue weighted by molar-refractivity contribution is -0.145. The first kappa shape index (κ1) is 59.1. The van der Waals surface area contributed by atoms with Crippen LogP contribution < -0.4 is 40.2 Å². The van der Waals surface area contributed by atoms with Gasteiger partial charge in [0.25, 0.3) is 5.91 Å². The van der Waals surface area contributed by atoms with Crippen LogP contribution in [-0.4, -0.2) is 116 Å². The van der Waals surface area contributed by atoms with Crippen LogP contribution in [0.2, 0.25) is 0 Å². The molecule has 1 heterocycles. The molecule has 1 aliphatic rings. The maximum Gasteiger partial charge on any atom is 0.336 e. The molecule has 0 bridgehead atoms. The van der Waals surface area contributed by atoms with Crippen LogP contribution in [0, 0.1) is 0 Å². The predicted molar refractivity (Wildman–Crippen MR) is 303 cm³/mol. The van der Waals surface area contributed by atoms with Gasteiger partial charge < -0.3 is 50.2 Å². The number of benzene rings is 6. The van der Waals surface area contributed by atoms with Crippen molar-refractivity contribution in [3.63, 3.8) is 0 Å². The van der Waals surface area contributed by atoms with Gasteiger partial charge in [0.2, 0.25) is 20.0 Å². The number of carboxylic acids is 1. The Balaban J connectivity index is 0.000000261. The fraction of sp³-hybridized carbons (Fsp3) is 0.327.